The van der Waals surface area contributed by atoms with Gasteiger partial charge in [-0.15, -0.1) is 0 Å². The number of hydrogen-bond donors (Lipinski definition) is 0. The Morgan fingerprint density at radius 2 is 1.80 bits per heavy atom. The summed E-state index contributed by atoms with van der Waals surface area (Å²) in [4.78, 5) is 21.4. The Bertz CT molecular complexity index is 607. The van der Waals surface area contributed by atoms with Crippen molar-refractivity contribution >= 4 is 11.7 Å². The molecule has 2 saturated heterocycles. The predicted octanol–water partition coefficient (Wildman–Crippen LogP) is 2.33. The quantitative estimate of drug-likeness (QED) is 0.822. The summed E-state index contributed by atoms with van der Waals surface area (Å²) in [6.07, 6.45) is 2.10. The lowest BCUT2D eigenvalue weighted by Gasteiger charge is -2.41. The monoisotopic (exact) mass is 347 g/mol. The van der Waals surface area contributed by atoms with E-state index in [1.807, 2.05) is 37.8 Å². The van der Waals surface area contributed by atoms with Gasteiger partial charge in [-0.05, 0) is 46.8 Å². The van der Waals surface area contributed by atoms with Gasteiger partial charge < -0.3 is 19.3 Å². The van der Waals surface area contributed by atoms with Crippen LogP contribution in [0.25, 0.3) is 0 Å². The third-order valence-electron chi connectivity index (χ3n) is 4.59. The van der Waals surface area contributed by atoms with Crippen molar-refractivity contribution in [3.63, 3.8) is 0 Å². The van der Waals surface area contributed by atoms with E-state index in [0.29, 0.717) is 18.7 Å². The maximum Gasteiger partial charge on any atom is 0.255 e. The van der Waals surface area contributed by atoms with Crippen molar-refractivity contribution in [2.45, 2.75) is 58.5 Å². The smallest absolute Gasteiger partial charge is 0.255 e. The van der Waals surface area contributed by atoms with E-state index < -0.39 is 0 Å². The van der Waals surface area contributed by atoms with Crippen molar-refractivity contribution in [2.75, 3.05) is 31.1 Å². The molecule has 0 saturated carbocycles. The molecule has 2 fully saturated rings. The minimum Gasteiger partial charge on any atom is -0.372 e. The fraction of sp³-hybridized carbons (Fsp3) is 0.684. The Hall–Kier alpha value is -1.66. The average Bonchev–Trinajstić information content (AvgIpc) is 2.51. The summed E-state index contributed by atoms with van der Waals surface area (Å²) in [7, 11) is 0. The van der Waals surface area contributed by atoms with Gasteiger partial charge in [0.05, 0.1) is 29.5 Å². The van der Waals surface area contributed by atoms with E-state index in [1.165, 1.54) is 0 Å². The summed E-state index contributed by atoms with van der Waals surface area (Å²) in [5.74, 6) is 0.917. The van der Waals surface area contributed by atoms with Crippen LogP contribution in [0, 0.1) is 0 Å². The van der Waals surface area contributed by atoms with Crippen molar-refractivity contribution in [2.24, 2.45) is 0 Å². The lowest BCUT2D eigenvalue weighted by molar-refractivity contribution is -0.118. The largest absolute Gasteiger partial charge is 0.372 e. The SMILES string of the molecule is C[C@@H]1CN(c2ccc(C(=O)N3C[C@@H](C)OC(C)(C)C3)cn2)C[C@@H](C)O1. The van der Waals surface area contributed by atoms with Gasteiger partial charge in [-0.2, -0.15) is 0 Å². The first kappa shape index (κ1) is 18.1. The van der Waals surface area contributed by atoms with Crippen LogP contribution in [0.2, 0.25) is 0 Å². The molecule has 0 unspecified atom stereocenters. The lowest BCUT2D eigenvalue weighted by Crippen LogP contribution is -2.53. The van der Waals surface area contributed by atoms with Gasteiger partial charge in [-0.1, -0.05) is 0 Å². The summed E-state index contributed by atoms with van der Waals surface area (Å²) in [6, 6.07) is 3.82. The Balaban J connectivity index is 1.70. The molecular weight excluding hydrogens is 318 g/mol. The van der Waals surface area contributed by atoms with E-state index in [9.17, 15) is 4.79 Å². The van der Waals surface area contributed by atoms with Crippen molar-refractivity contribution in [1.29, 1.82) is 0 Å². The van der Waals surface area contributed by atoms with Crippen LogP contribution in [0.5, 0.6) is 0 Å². The van der Waals surface area contributed by atoms with Crippen molar-refractivity contribution in [3.05, 3.63) is 23.9 Å². The zero-order valence-corrected chi connectivity index (χ0v) is 15.9. The molecule has 0 radical (unpaired) electrons. The van der Waals surface area contributed by atoms with Crippen LogP contribution in [0.4, 0.5) is 5.82 Å². The van der Waals surface area contributed by atoms with Crippen molar-refractivity contribution < 1.29 is 14.3 Å². The maximum atomic E-state index is 12.8. The van der Waals surface area contributed by atoms with E-state index in [2.05, 4.69) is 23.7 Å². The average molecular weight is 347 g/mol. The normalized spacial score (nSPS) is 29.6. The highest BCUT2D eigenvalue weighted by molar-refractivity contribution is 5.94. The molecule has 0 N–H and O–H groups in total. The van der Waals surface area contributed by atoms with Crippen LogP contribution < -0.4 is 4.90 Å². The summed E-state index contributed by atoms with van der Waals surface area (Å²) in [6.45, 7) is 13.0. The first-order valence-electron chi connectivity index (χ1n) is 9.07. The Labute approximate surface area is 150 Å². The van der Waals surface area contributed by atoms with Gasteiger partial charge in [-0.3, -0.25) is 4.79 Å². The van der Waals surface area contributed by atoms with Crippen molar-refractivity contribution in [1.82, 2.24) is 9.88 Å². The molecule has 0 aromatic carbocycles. The molecule has 6 heteroatoms. The van der Waals surface area contributed by atoms with E-state index in [0.717, 1.165) is 18.9 Å². The zero-order valence-electron chi connectivity index (χ0n) is 15.9. The highest BCUT2D eigenvalue weighted by Gasteiger charge is 2.34. The Kier molecular flexibility index (Phi) is 5.02. The number of morpholine rings is 2. The number of carbonyl (C=O) groups is 1. The van der Waals surface area contributed by atoms with Gasteiger partial charge in [0.1, 0.15) is 5.82 Å². The summed E-state index contributed by atoms with van der Waals surface area (Å²) < 4.78 is 11.6. The minimum absolute atomic E-state index is 0.0194. The molecular formula is C19H29N3O3. The molecule has 2 aliphatic rings. The third kappa shape index (κ3) is 4.30. The maximum absolute atomic E-state index is 12.8. The van der Waals surface area contributed by atoms with Crippen LogP contribution in [-0.4, -0.2) is 65.9 Å². The van der Waals surface area contributed by atoms with Crippen LogP contribution in [0.3, 0.4) is 0 Å². The van der Waals surface area contributed by atoms with Gasteiger partial charge in [0.2, 0.25) is 0 Å². The molecule has 0 bridgehead atoms. The number of nitrogens with zero attached hydrogens (tertiary/aromatic N) is 3. The molecule has 138 valence electrons. The third-order valence-corrected chi connectivity index (χ3v) is 4.59. The number of amides is 1. The number of ether oxygens (including phenoxy) is 2. The second-order valence-electron chi connectivity index (χ2n) is 7.94. The van der Waals surface area contributed by atoms with Crippen LogP contribution in [-0.2, 0) is 9.47 Å². The van der Waals surface area contributed by atoms with Gasteiger partial charge >= 0.3 is 0 Å². The first-order valence-corrected chi connectivity index (χ1v) is 9.07. The Morgan fingerprint density at radius 3 is 2.36 bits per heavy atom. The summed E-state index contributed by atoms with van der Waals surface area (Å²) >= 11 is 0. The molecule has 2 aliphatic heterocycles. The molecule has 0 aliphatic carbocycles. The molecule has 1 aromatic rings. The fourth-order valence-electron chi connectivity index (χ4n) is 3.86. The molecule has 0 spiro atoms. The molecule has 25 heavy (non-hydrogen) atoms. The number of rotatable bonds is 2. The number of anilines is 1. The van der Waals surface area contributed by atoms with Gasteiger partial charge in [0, 0.05) is 32.4 Å². The fourth-order valence-corrected chi connectivity index (χ4v) is 3.86. The van der Waals surface area contributed by atoms with E-state index in [4.69, 9.17) is 9.47 Å². The highest BCUT2D eigenvalue weighted by atomic mass is 16.5. The molecule has 3 rings (SSSR count). The lowest BCUT2D eigenvalue weighted by atomic mass is 10.0. The van der Waals surface area contributed by atoms with Crippen LogP contribution in [0.15, 0.2) is 18.3 Å². The summed E-state index contributed by atoms with van der Waals surface area (Å²) in [5.41, 5.74) is 0.309. The van der Waals surface area contributed by atoms with Gasteiger partial charge in [-0.25, -0.2) is 4.98 Å². The van der Waals surface area contributed by atoms with Crippen LogP contribution in [0.1, 0.15) is 45.0 Å². The number of aromatic nitrogens is 1. The van der Waals surface area contributed by atoms with E-state index in [1.54, 1.807) is 6.20 Å². The minimum atomic E-state index is -0.319. The van der Waals surface area contributed by atoms with Gasteiger partial charge in [0.25, 0.3) is 5.91 Å². The second kappa shape index (κ2) is 6.92. The topological polar surface area (TPSA) is 54.9 Å². The van der Waals surface area contributed by atoms with Gasteiger partial charge in [0.15, 0.2) is 0 Å². The first-order chi connectivity index (χ1) is 11.7. The number of carbonyl (C=O) groups excluding carboxylic acids is 1. The standard InChI is InChI=1S/C19H29N3O3/c1-13-9-21(10-14(2)24-13)17-7-6-16(8-20-17)18(23)22-11-15(3)25-19(4,5)12-22/h6-8,13-15H,9-12H2,1-5H3/t13-,14-,15-/m1/s1. The predicted molar refractivity (Wildman–Crippen MR) is 97.0 cm³/mol. The van der Waals surface area contributed by atoms with E-state index >= 15 is 0 Å². The molecule has 3 atom stereocenters. The highest BCUT2D eigenvalue weighted by Crippen LogP contribution is 2.23. The second-order valence-corrected chi connectivity index (χ2v) is 7.94. The molecule has 6 nitrogen and oxygen atoms in total. The molecule has 3 heterocycles. The summed E-state index contributed by atoms with van der Waals surface area (Å²) in [5, 5.41) is 0. The zero-order chi connectivity index (χ0) is 18.2. The van der Waals surface area contributed by atoms with Crippen molar-refractivity contribution in [3.8, 4) is 0 Å². The number of pyridine rings is 1. The molecule has 1 aromatic heterocycles. The molecule has 1 amide bonds. The number of hydrogen-bond acceptors (Lipinski definition) is 5. The Morgan fingerprint density at radius 1 is 1.12 bits per heavy atom. The van der Waals surface area contributed by atoms with E-state index in [-0.39, 0.29) is 29.8 Å². The van der Waals surface area contributed by atoms with Crippen LogP contribution >= 0.6 is 0 Å².